The summed E-state index contributed by atoms with van der Waals surface area (Å²) in [5.74, 6) is -0.268. The zero-order valence-corrected chi connectivity index (χ0v) is 11.8. The van der Waals surface area contributed by atoms with E-state index in [0.717, 1.165) is 6.07 Å². The normalized spacial score (nSPS) is 11.2. The van der Waals surface area contributed by atoms with Crippen molar-refractivity contribution in [3.05, 3.63) is 47.9 Å². The average Bonchev–Trinajstić information content (AvgIpc) is 2.36. The van der Waals surface area contributed by atoms with Crippen LogP contribution in [0, 0.1) is 12.7 Å². The number of halogens is 1. The fourth-order valence-corrected chi connectivity index (χ4v) is 3.01. The van der Waals surface area contributed by atoms with Crippen LogP contribution >= 0.6 is 0 Å². The average molecular weight is 295 g/mol. The number of hydrogen-bond acceptors (Lipinski definition) is 4. The van der Waals surface area contributed by atoms with Crippen LogP contribution in [0.5, 0.6) is 0 Å². The number of anilines is 2. The zero-order chi connectivity index (χ0) is 14.8. The van der Waals surface area contributed by atoms with Crippen LogP contribution in [0.2, 0.25) is 0 Å². The second kappa shape index (κ2) is 5.46. The minimum atomic E-state index is -3.83. The highest BCUT2D eigenvalue weighted by Crippen LogP contribution is 2.22. The molecule has 0 spiro atoms. The fourth-order valence-electron chi connectivity index (χ4n) is 1.80. The molecular formula is C13H14FN3O2S. The number of pyridine rings is 1. The Kier molecular flexibility index (Phi) is 3.89. The largest absolute Gasteiger partial charge is 0.372 e. The van der Waals surface area contributed by atoms with Gasteiger partial charge in [-0.2, -0.15) is 0 Å². The van der Waals surface area contributed by atoms with E-state index in [4.69, 9.17) is 0 Å². The molecule has 1 heterocycles. The summed E-state index contributed by atoms with van der Waals surface area (Å²) in [4.78, 5) is 3.94. The number of aromatic nitrogens is 1. The predicted molar refractivity (Wildman–Crippen MR) is 75.7 cm³/mol. The third-order valence-corrected chi connectivity index (χ3v) is 4.00. The van der Waals surface area contributed by atoms with Crippen LogP contribution in [0.3, 0.4) is 0 Å². The first-order valence-corrected chi connectivity index (χ1v) is 7.33. The Morgan fingerprint density at radius 3 is 2.65 bits per heavy atom. The number of nitrogens with one attached hydrogen (secondary N) is 2. The fraction of sp³-hybridized carbons (Fsp3) is 0.154. The summed E-state index contributed by atoms with van der Waals surface area (Å²) in [6.07, 6.45) is 1.48. The van der Waals surface area contributed by atoms with Gasteiger partial charge in [-0.05, 0) is 42.8 Å². The highest BCUT2D eigenvalue weighted by molar-refractivity contribution is 7.92. The predicted octanol–water partition coefficient (Wildman–Crippen LogP) is 2.37. The van der Waals surface area contributed by atoms with Crippen molar-refractivity contribution in [3.63, 3.8) is 0 Å². The van der Waals surface area contributed by atoms with Crippen molar-refractivity contribution in [2.45, 2.75) is 11.8 Å². The maximum Gasteiger partial charge on any atom is 0.265 e. The first kappa shape index (κ1) is 14.3. The Hall–Kier alpha value is -2.15. The lowest BCUT2D eigenvalue weighted by Gasteiger charge is -2.11. The van der Waals surface area contributed by atoms with Gasteiger partial charge < -0.3 is 5.32 Å². The van der Waals surface area contributed by atoms with E-state index in [1.807, 2.05) is 0 Å². The molecule has 2 N–H and O–H groups in total. The molecule has 1 aromatic heterocycles. The van der Waals surface area contributed by atoms with E-state index >= 15 is 0 Å². The number of hydrogen-bond donors (Lipinski definition) is 2. The molecule has 0 fully saturated rings. The van der Waals surface area contributed by atoms with Gasteiger partial charge in [-0.15, -0.1) is 0 Å². The van der Waals surface area contributed by atoms with E-state index in [0.29, 0.717) is 5.56 Å². The summed E-state index contributed by atoms with van der Waals surface area (Å²) in [5.41, 5.74) is 0.802. The second-order valence-corrected chi connectivity index (χ2v) is 5.87. The van der Waals surface area contributed by atoms with Crippen LogP contribution in [-0.4, -0.2) is 20.4 Å². The molecule has 0 unspecified atom stereocenters. The van der Waals surface area contributed by atoms with Gasteiger partial charge in [0.2, 0.25) is 0 Å². The van der Waals surface area contributed by atoms with Gasteiger partial charge in [-0.1, -0.05) is 0 Å². The molecule has 106 valence electrons. The smallest absolute Gasteiger partial charge is 0.265 e. The van der Waals surface area contributed by atoms with Gasteiger partial charge in [0.05, 0.1) is 5.69 Å². The number of sulfonamides is 1. The van der Waals surface area contributed by atoms with Crippen molar-refractivity contribution in [2.24, 2.45) is 0 Å². The van der Waals surface area contributed by atoms with Crippen LogP contribution in [0.1, 0.15) is 5.56 Å². The van der Waals surface area contributed by atoms with Gasteiger partial charge >= 0.3 is 0 Å². The second-order valence-electron chi connectivity index (χ2n) is 4.22. The summed E-state index contributed by atoms with van der Waals surface area (Å²) in [5, 5.41) is 2.71. The van der Waals surface area contributed by atoms with E-state index in [1.165, 1.54) is 24.4 Å². The van der Waals surface area contributed by atoms with E-state index in [-0.39, 0.29) is 16.4 Å². The molecule has 0 atom stereocenters. The summed E-state index contributed by atoms with van der Waals surface area (Å²) in [6, 6.07) is 6.94. The Bertz CT molecular complexity index is 712. The topological polar surface area (TPSA) is 71.1 Å². The molecule has 0 aliphatic carbocycles. The van der Waals surface area contributed by atoms with Crippen molar-refractivity contribution < 1.29 is 12.8 Å². The lowest BCUT2D eigenvalue weighted by atomic mass is 10.2. The monoisotopic (exact) mass is 295 g/mol. The maximum absolute atomic E-state index is 13.3. The highest BCUT2D eigenvalue weighted by Gasteiger charge is 2.19. The molecule has 7 heteroatoms. The van der Waals surface area contributed by atoms with Crippen molar-refractivity contribution in [1.82, 2.24) is 4.98 Å². The Morgan fingerprint density at radius 1 is 1.25 bits per heavy atom. The van der Waals surface area contributed by atoms with Gasteiger partial charge in [0.15, 0.2) is 0 Å². The van der Waals surface area contributed by atoms with Crippen LogP contribution in [0.4, 0.5) is 15.9 Å². The maximum atomic E-state index is 13.3. The summed E-state index contributed by atoms with van der Waals surface area (Å²) in [7, 11) is -2.25. The quantitative estimate of drug-likeness (QED) is 0.908. The van der Waals surface area contributed by atoms with Gasteiger partial charge in [-0.25, -0.2) is 17.8 Å². The minimum absolute atomic E-state index is 0.00409. The molecule has 0 aliphatic rings. The van der Waals surface area contributed by atoms with Crippen molar-refractivity contribution >= 4 is 21.5 Å². The molecule has 0 bridgehead atoms. The zero-order valence-electron chi connectivity index (χ0n) is 11.0. The van der Waals surface area contributed by atoms with Crippen molar-refractivity contribution in [2.75, 3.05) is 17.1 Å². The molecule has 2 rings (SSSR count). The molecule has 5 nitrogen and oxygen atoms in total. The molecule has 0 saturated heterocycles. The third kappa shape index (κ3) is 3.05. The molecule has 0 amide bonds. The first-order valence-electron chi connectivity index (χ1n) is 5.85. The Morgan fingerprint density at radius 2 is 2.00 bits per heavy atom. The first-order chi connectivity index (χ1) is 9.42. The SMILES string of the molecule is CNc1ncccc1S(=O)(=O)Nc1cc(C)cc(F)c1. The van der Waals surface area contributed by atoms with Gasteiger partial charge in [-0.3, -0.25) is 4.72 Å². The van der Waals surface area contributed by atoms with Crippen molar-refractivity contribution in [3.8, 4) is 0 Å². The lowest BCUT2D eigenvalue weighted by Crippen LogP contribution is -2.15. The molecule has 20 heavy (non-hydrogen) atoms. The molecule has 1 aromatic carbocycles. The number of aryl methyl sites for hydroxylation is 1. The molecule has 2 aromatic rings. The van der Waals surface area contributed by atoms with Gasteiger partial charge in [0, 0.05) is 13.2 Å². The van der Waals surface area contributed by atoms with Crippen LogP contribution in [0.25, 0.3) is 0 Å². The Balaban J connectivity index is 2.41. The van der Waals surface area contributed by atoms with Crippen LogP contribution < -0.4 is 10.0 Å². The van der Waals surface area contributed by atoms with Crippen LogP contribution in [0.15, 0.2) is 41.4 Å². The van der Waals surface area contributed by atoms with E-state index in [9.17, 15) is 12.8 Å². The lowest BCUT2D eigenvalue weighted by molar-refractivity contribution is 0.601. The van der Waals surface area contributed by atoms with E-state index in [1.54, 1.807) is 20.0 Å². The molecule has 0 radical (unpaired) electrons. The molecule has 0 saturated carbocycles. The molecule has 0 aliphatic heterocycles. The van der Waals surface area contributed by atoms with Gasteiger partial charge in [0.25, 0.3) is 10.0 Å². The molecular weight excluding hydrogens is 281 g/mol. The van der Waals surface area contributed by atoms with E-state index in [2.05, 4.69) is 15.0 Å². The summed E-state index contributed by atoms with van der Waals surface area (Å²) < 4.78 is 40.2. The standard InChI is InChI=1S/C13H14FN3O2S/c1-9-6-10(14)8-11(7-9)17-20(18,19)12-4-3-5-16-13(12)15-2/h3-8,17H,1-2H3,(H,15,16). The highest BCUT2D eigenvalue weighted by atomic mass is 32.2. The van der Waals surface area contributed by atoms with Crippen molar-refractivity contribution in [1.29, 1.82) is 0 Å². The minimum Gasteiger partial charge on any atom is -0.372 e. The number of rotatable bonds is 4. The third-order valence-electron chi connectivity index (χ3n) is 2.59. The Labute approximate surface area is 116 Å². The van der Waals surface area contributed by atoms with Crippen LogP contribution in [-0.2, 0) is 10.0 Å². The van der Waals surface area contributed by atoms with E-state index < -0.39 is 15.8 Å². The number of nitrogens with zero attached hydrogens (tertiary/aromatic N) is 1. The summed E-state index contributed by atoms with van der Waals surface area (Å²) in [6.45, 7) is 1.68. The van der Waals surface area contributed by atoms with Gasteiger partial charge in [0.1, 0.15) is 16.5 Å². The summed E-state index contributed by atoms with van der Waals surface area (Å²) >= 11 is 0. The number of benzene rings is 1.